The molecular weight excluding hydrogens is 300 g/mol. The predicted octanol–water partition coefficient (Wildman–Crippen LogP) is 1.84. The van der Waals surface area contributed by atoms with Gasteiger partial charge in [-0.25, -0.2) is 0 Å². The van der Waals surface area contributed by atoms with Gasteiger partial charge in [0.25, 0.3) is 0 Å². The molecule has 118 valence electrons. The molecule has 0 saturated heterocycles. The Balaban J connectivity index is 1.73. The molecule has 2 N–H and O–H groups in total. The van der Waals surface area contributed by atoms with E-state index in [2.05, 4.69) is 0 Å². The van der Waals surface area contributed by atoms with E-state index in [0.29, 0.717) is 30.3 Å². The van der Waals surface area contributed by atoms with Crippen LogP contribution in [0.15, 0.2) is 36.4 Å². The summed E-state index contributed by atoms with van der Waals surface area (Å²) in [6.45, 7) is 0.931. The second-order valence-corrected chi connectivity index (χ2v) is 5.43. The summed E-state index contributed by atoms with van der Waals surface area (Å²) in [6, 6.07) is 9.34. The van der Waals surface area contributed by atoms with E-state index < -0.39 is 18.0 Å². The molecule has 2 heterocycles. The minimum absolute atomic E-state index is 0.00568. The van der Waals surface area contributed by atoms with Crippen molar-refractivity contribution in [3.8, 4) is 23.0 Å². The van der Waals surface area contributed by atoms with Crippen molar-refractivity contribution in [1.82, 2.24) is 0 Å². The van der Waals surface area contributed by atoms with Gasteiger partial charge in [-0.3, -0.25) is 4.79 Å². The fraction of sp³-hybridized carbons (Fsp3) is 0.235. The average Bonchev–Trinajstić information content (AvgIpc) is 2.57. The first-order valence-electron chi connectivity index (χ1n) is 7.25. The highest BCUT2D eigenvalue weighted by molar-refractivity contribution is 6.03. The summed E-state index contributed by atoms with van der Waals surface area (Å²) in [6.07, 6.45) is -2.19. The van der Waals surface area contributed by atoms with Crippen LogP contribution in [-0.4, -0.2) is 35.3 Å². The van der Waals surface area contributed by atoms with Crippen LogP contribution in [0.2, 0.25) is 0 Å². The van der Waals surface area contributed by atoms with Gasteiger partial charge >= 0.3 is 0 Å². The van der Waals surface area contributed by atoms with Gasteiger partial charge in [0, 0.05) is 6.07 Å². The normalized spacial score (nSPS) is 22.2. The summed E-state index contributed by atoms with van der Waals surface area (Å²) in [5.74, 6) is 0.980. The summed E-state index contributed by atoms with van der Waals surface area (Å²) in [7, 11) is 0. The van der Waals surface area contributed by atoms with Gasteiger partial charge in [0.05, 0.1) is 5.56 Å². The van der Waals surface area contributed by atoms with Gasteiger partial charge in [0.1, 0.15) is 24.7 Å². The number of Topliss-reactive ketones (excluding diaryl/α,β-unsaturated/α-hetero) is 1. The molecule has 0 aliphatic carbocycles. The number of hydrogen-bond acceptors (Lipinski definition) is 6. The van der Waals surface area contributed by atoms with Crippen LogP contribution in [-0.2, 0) is 0 Å². The second kappa shape index (κ2) is 5.17. The SMILES string of the molecule is O=C1c2ccc(O)cc2O[C@H](c2ccc3c(c2)OCCO3)[C@H]1O. The molecule has 0 unspecified atom stereocenters. The third-order valence-electron chi connectivity index (χ3n) is 3.93. The third kappa shape index (κ3) is 2.27. The van der Waals surface area contributed by atoms with Crippen LogP contribution in [0.3, 0.4) is 0 Å². The summed E-state index contributed by atoms with van der Waals surface area (Å²) >= 11 is 0. The van der Waals surface area contributed by atoms with Crippen molar-refractivity contribution in [2.45, 2.75) is 12.2 Å². The maximum Gasteiger partial charge on any atom is 0.199 e. The highest BCUT2D eigenvalue weighted by Gasteiger charge is 2.37. The van der Waals surface area contributed by atoms with Crippen LogP contribution < -0.4 is 14.2 Å². The number of ether oxygens (including phenoxy) is 3. The van der Waals surface area contributed by atoms with Crippen molar-refractivity contribution in [2.75, 3.05) is 13.2 Å². The molecule has 0 aromatic heterocycles. The Morgan fingerprint density at radius 3 is 2.57 bits per heavy atom. The van der Waals surface area contributed by atoms with Gasteiger partial charge in [-0.05, 0) is 29.8 Å². The standard InChI is InChI=1S/C17H14O6/c18-10-2-3-11-13(8-10)23-17(16(20)15(11)19)9-1-4-12-14(7-9)22-6-5-21-12/h1-4,7-8,16-18,20H,5-6H2/t16-,17+/m0/s1. The Hall–Kier alpha value is -2.73. The van der Waals surface area contributed by atoms with E-state index >= 15 is 0 Å². The van der Waals surface area contributed by atoms with Crippen molar-refractivity contribution >= 4 is 5.78 Å². The number of phenols is 1. The highest BCUT2D eigenvalue weighted by Crippen LogP contribution is 2.40. The van der Waals surface area contributed by atoms with Gasteiger partial charge < -0.3 is 24.4 Å². The van der Waals surface area contributed by atoms with Crippen molar-refractivity contribution in [3.63, 3.8) is 0 Å². The van der Waals surface area contributed by atoms with E-state index in [1.807, 2.05) is 0 Å². The number of fused-ring (bicyclic) bond motifs is 2. The molecule has 6 nitrogen and oxygen atoms in total. The van der Waals surface area contributed by atoms with Crippen molar-refractivity contribution in [3.05, 3.63) is 47.5 Å². The maximum atomic E-state index is 12.3. The highest BCUT2D eigenvalue weighted by atomic mass is 16.6. The fourth-order valence-electron chi connectivity index (χ4n) is 2.80. The molecule has 23 heavy (non-hydrogen) atoms. The molecule has 0 fully saturated rings. The summed E-state index contributed by atoms with van der Waals surface area (Å²) < 4.78 is 16.7. The predicted molar refractivity (Wildman–Crippen MR) is 79.2 cm³/mol. The summed E-state index contributed by atoms with van der Waals surface area (Å²) in [5.41, 5.74) is 0.855. The molecular formula is C17H14O6. The zero-order valence-corrected chi connectivity index (χ0v) is 12.1. The van der Waals surface area contributed by atoms with Crippen LogP contribution >= 0.6 is 0 Å². The first-order valence-corrected chi connectivity index (χ1v) is 7.25. The molecule has 0 amide bonds. The van der Waals surface area contributed by atoms with E-state index in [0.717, 1.165) is 0 Å². The molecule has 0 spiro atoms. The first-order chi connectivity index (χ1) is 11.1. The van der Waals surface area contributed by atoms with Gasteiger partial charge in [-0.15, -0.1) is 0 Å². The second-order valence-electron chi connectivity index (χ2n) is 5.43. The van der Waals surface area contributed by atoms with E-state index in [-0.39, 0.29) is 17.1 Å². The first kappa shape index (κ1) is 13.9. The number of aromatic hydroxyl groups is 1. The minimum atomic E-state index is -1.32. The molecule has 2 aromatic rings. The number of rotatable bonds is 1. The van der Waals surface area contributed by atoms with E-state index in [1.165, 1.54) is 18.2 Å². The lowest BCUT2D eigenvalue weighted by molar-refractivity contribution is 0.0214. The molecule has 0 bridgehead atoms. The van der Waals surface area contributed by atoms with Gasteiger partial charge in [0.15, 0.2) is 29.5 Å². The summed E-state index contributed by atoms with van der Waals surface area (Å²) in [5, 5.41) is 19.9. The van der Waals surface area contributed by atoms with Crippen LogP contribution in [0.1, 0.15) is 22.0 Å². The topological polar surface area (TPSA) is 85.2 Å². The van der Waals surface area contributed by atoms with Gasteiger partial charge in [-0.1, -0.05) is 6.07 Å². The fourth-order valence-corrected chi connectivity index (χ4v) is 2.80. The molecule has 6 heteroatoms. The molecule has 2 aliphatic rings. The Morgan fingerprint density at radius 2 is 1.74 bits per heavy atom. The number of ketones is 1. The summed E-state index contributed by atoms with van der Waals surface area (Å²) in [4.78, 5) is 12.3. The van der Waals surface area contributed by atoms with E-state index in [4.69, 9.17) is 14.2 Å². The Morgan fingerprint density at radius 1 is 0.957 bits per heavy atom. The Bertz CT molecular complexity index is 785. The Labute approximate surface area is 131 Å². The lowest BCUT2D eigenvalue weighted by atomic mass is 9.93. The molecule has 0 radical (unpaired) electrons. The van der Waals surface area contributed by atoms with Crippen molar-refractivity contribution in [1.29, 1.82) is 0 Å². The number of aliphatic hydroxyl groups is 1. The third-order valence-corrected chi connectivity index (χ3v) is 3.93. The quantitative estimate of drug-likeness (QED) is 0.835. The van der Waals surface area contributed by atoms with E-state index in [9.17, 15) is 15.0 Å². The molecule has 0 saturated carbocycles. The molecule has 4 rings (SSSR count). The van der Waals surface area contributed by atoms with Gasteiger partial charge in [-0.2, -0.15) is 0 Å². The molecule has 2 atom stereocenters. The number of aliphatic hydroxyl groups excluding tert-OH is 1. The van der Waals surface area contributed by atoms with Crippen LogP contribution in [0.5, 0.6) is 23.0 Å². The number of carbonyl (C=O) groups excluding carboxylic acids is 1. The number of carbonyl (C=O) groups is 1. The lowest BCUT2D eigenvalue weighted by Gasteiger charge is -2.30. The zero-order chi connectivity index (χ0) is 16.0. The number of phenolic OH excluding ortho intramolecular Hbond substituents is 1. The zero-order valence-electron chi connectivity index (χ0n) is 12.1. The number of benzene rings is 2. The van der Waals surface area contributed by atoms with Crippen LogP contribution in [0, 0.1) is 0 Å². The minimum Gasteiger partial charge on any atom is -0.508 e. The lowest BCUT2D eigenvalue weighted by Crippen LogP contribution is -2.36. The monoisotopic (exact) mass is 314 g/mol. The Kier molecular flexibility index (Phi) is 3.12. The largest absolute Gasteiger partial charge is 0.508 e. The van der Waals surface area contributed by atoms with Crippen LogP contribution in [0.4, 0.5) is 0 Å². The maximum absolute atomic E-state index is 12.3. The average molecular weight is 314 g/mol. The van der Waals surface area contributed by atoms with Crippen molar-refractivity contribution < 1.29 is 29.2 Å². The van der Waals surface area contributed by atoms with Gasteiger partial charge in [0.2, 0.25) is 0 Å². The molecule has 2 aromatic carbocycles. The molecule has 2 aliphatic heterocycles. The number of hydrogen-bond donors (Lipinski definition) is 2. The smallest absolute Gasteiger partial charge is 0.199 e. The van der Waals surface area contributed by atoms with E-state index in [1.54, 1.807) is 18.2 Å². The van der Waals surface area contributed by atoms with Crippen molar-refractivity contribution in [2.24, 2.45) is 0 Å². The van der Waals surface area contributed by atoms with Crippen LogP contribution in [0.25, 0.3) is 0 Å².